The Labute approximate surface area is 296 Å². The third kappa shape index (κ3) is 10.8. The number of aryl methyl sites for hydroxylation is 1. The molecule has 0 aliphatic carbocycles. The van der Waals surface area contributed by atoms with Crippen molar-refractivity contribution in [3.8, 4) is 10.4 Å². The molecule has 2 aromatic carbocycles. The molecule has 0 radical (unpaired) electrons. The molecule has 0 amide bonds. The summed E-state index contributed by atoms with van der Waals surface area (Å²) in [6.07, 6.45) is -1.74. The number of halogens is 1. The Balaban J connectivity index is 1.81. The van der Waals surface area contributed by atoms with Gasteiger partial charge < -0.3 is 27.5 Å². The van der Waals surface area contributed by atoms with Crippen LogP contribution in [-0.2, 0) is 34.6 Å². The second kappa shape index (κ2) is 14.7. The minimum absolute atomic E-state index is 0.243. The zero-order valence-electron chi connectivity index (χ0n) is 31.2. The fraction of sp³-hybridized carbons (Fsp3) is 0.556. The highest BCUT2D eigenvalue weighted by molar-refractivity contribution is 7.15. The van der Waals surface area contributed by atoms with Crippen LogP contribution in [0.15, 0.2) is 54.6 Å². The Morgan fingerprint density at radius 2 is 1.33 bits per heavy atom. The Hall–Kier alpha value is -1.30. The number of benzene rings is 2. The van der Waals surface area contributed by atoms with E-state index in [1.807, 2.05) is 18.2 Å². The molecule has 1 saturated heterocycles. The number of aliphatic hydroxyl groups is 1. The van der Waals surface area contributed by atoms with Crippen molar-refractivity contribution in [1.82, 2.24) is 0 Å². The van der Waals surface area contributed by atoms with Crippen LogP contribution in [0.2, 0.25) is 78.6 Å². The van der Waals surface area contributed by atoms with Gasteiger partial charge in [0.1, 0.15) is 30.2 Å². The predicted octanol–water partition coefficient (Wildman–Crippen LogP) is 9.51. The van der Waals surface area contributed by atoms with Crippen LogP contribution in [0.25, 0.3) is 10.4 Å². The summed E-state index contributed by atoms with van der Waals surface area (Å²) in [6, 6.07) is 16.9. The van der Waals surface area contributed by atoms with E-state index in [0.29, 0.717) is 18.6 Å². The van der Waals surface area contributed by atoms with E-state index >= 15 is 0 Å². The van der Waals surface area contributed by atoms with Crippen molar-refractivity contribution in [2.75, 3.05) is 6.61 Å². The van der Waals surface area contributed by atoms with E-state index in [4.69, 9.17) is 22.4 Å². The van der Waals surface area contributed by atoms with Crippen molar-refractivity contribution < 1.29 is 31.9 Å². The molecule has 1 aliphatic rings. The standard InChI is InChI=1S/C36H57FO6SSi4/c1-25-14-17-28(22-27(25)23-30-20-21-32(44-30)26-15-18-29(37)19-16-26)36(38)35(43-48(11,12)13)34(42-47(8,9)10)33(41-46(5,6)7)31(40-36)24-39-45(2,3)4/h14-22,31,33-35,38H,23-24H2,1-13H3/t31?,33-,34+,35-,36?/m1/s1. The topological polar surface area (TPSA) is 66.4 Å². The van der Waals surface area contributed by atoms with Crippen LogP contribution in [0.1, 0.15) is 21.6 Å². The Bertz CT molecular complexity index is 1520. The minimum Gasteiger partial charge on any atom is -0.415 e. The van der Waals surface area contributed by atoms with E-state index in [-0.39, 0.29) is 5.82 Å². The number of rotatable bonds is 13. The summed E-state index contributed by atoms with van der Waals surface area (Å²) in [7, 11) is -8.49. The van der Waals surface area contributed by atoms with E-state index in [1.165, 1.54) is 17.0 Å². The van der Waals surface area contributed by atoms with Gasteiger partial charge in [-0.05, 0) is 133 Å². The average Bonchev–Trinajstić information content (AvgIpc) is 3.39. The van der Waals surface area contributed by atoms with Gasteiger partial charge in [0.05, 0.1) is 6.61 Å². The van der Waals surface area contributed by atoms with Crippen LogP contribution in [-0.4, -0.2) is 69.4 Å². The fourth-order valence-electron chi connectivity index (χ4n) is 5.80. The summed E-state index contributed by atoms with van der Waals surface area (Å²) in [5.41, 5.74) is 3.83. The average molecular weight is 749 g/mol. The maximum atomic E-state index is 13.5. The molecule has 1 aliphatic heterocycles. The van der Waals surface area contributed by atoms with E-state index < -0.39 is 63.5 Å². The third-order valence-corrected chi connectivity index (χ3v) is 12.9. The normalized spacial score (nSPS) is 24.2. The molecule has 266 valence electrons. The quantitative estimate of drug-likeness (QED) is 0.176. The molecule has 6 nitrogen and oxygen atoms in total. The second-order valence-corrected chi connectivity index (χ2v) is 36.0. The van der Waals surface area contributed by atoms with Gasteiger partial charge in [-0.15, -0.1) is 11.3 Å². The number of ether oxygens (including phenoxy) is 1. The molecule has 0 saturated carbocycles. The van der Waals surface area contributed by atoms with E-state index in [9.17, 15) is 9.50 Å². The molecule has 4 rings (SSSR count). The van der Waals surface area contributed by atoms with Gasteiger partial charge in [-0.3, -0.25) is 0 Å². The van der Waals surface area contributed by atoms with Crippen LogP contribution in [0.4, 0.5) is 4.39 Å². The van der Waals surface area contributed by atoms with Crippen molar-refractivity contribution in [3.05, 3.63) is 82.0 Å². The molecular weight excluding hydrogens is 692 g/mol. The van der Waals surface area contributed by atoms with E-state index in [2.05, 4.69) is 110 Å². The largest absolute Gasteiger partial charge is 0.415 e. The predicted molar refractivity (Wildman–Crippen MR) is 206 cm³/mol. The highest BCUT2D eigenvalue weighted by Crippen LogP contribution is 2.44. The molecule has 1 fully saturated rings. The summed E-state index contributed by atoms with van der Waals surface area (Å²) >= 11 is 1.69. The molecule has 5 atom stereocenters. The maximum Gasteiger partial charge on any atom is 0.221 e. The third-order valence-electron chi connectivity index (χ3n) is 7.76. The molecule has 48 heavy (non-hydrogen) atoms. The number of thiophene rings is 1. The lowest BCUT2D eigenvalue weighted by molar-refractivity contribution is -0.348. The van der Waals surface area contributed by atoms with Crippen molar-refractivity contribution in [3.63, 3.8) is 0 Å². The lowest BCUT2D eigenvalue weighted by atomic mass is 9.86. The first-order chi connectivity index (χ1) is 21.9. The summed E-state index contributed by atoms with van der Waals surface area (Å²) in [6.45, 7) is 28.2. The highest BCUT2D eigenvalue weighted by Gasteiger charge is 2.59. The van der Waals surface area contributed by atoms with Gasteiger partial charge in [-0.2, -0.15) is 0 Å². The Morgan fingerprint density at radius 3 is 1.90 bits per heavy atom. The summed E-state index contributed by atoms with van der Waals surface area (Å²) in [5, 5.41) is 13.0. The van der Waals surface area contributed by atoms with Crippen molar-refractivity contribution >= 4 is 44.6 Å². The van der Waals surface area contributed by atoms with E-state index in [0.717, 1.165) is 21.6 Å². The molecule has 0 bridgehead atoms. The van der Waals surface area contributed by atoms with Crippen molar-refractivity contribution in [2.45, 2.75) is 122 Å². The van der Waals surface area contributed by atoms with Crippen LogP contribution in [0.5, 0.6) is 0 Å². The van der Waals surface area contributed by atoms with Crippen LogP contribution in [0, 0.1) is 12.7 Å². The van der Waals surface area contributed by atoms with Gasteiger partial charge in [-0.25, -0.2) is 4.39 Å². The van der Waals surface area contributed by atoms with Crippen LogP contribution in [0.3, 0.4) is 0 Å². The monoisotopic (exact) mass is 748 g/mol. The first-order valence-electron chi connectivity index (χ1n) is 16.9. The summed E-state index contributed by atoms with van der Waals surface area (Å²) < 4.78 is 47.7. The number of hydrogen-bond acceptors (Lipinski definition) is 7. The molecule has 3 aromatic rings. The fourth-order valence-corrected chi connectivity index (χ4v) is 10.7. The first kappa shape index (κ1) is 39.5. The lowest BCUT2D eigenvalue weighted by Gasteiger charge is -2.54. The molecule has 1 aromatic heterocycles. The first-order valence-corrected chi connectivity index (χ1v) is 31.4. The van der Waals surface area contributed by atoms with Gasteiger partial charge in [-0.1, -0.05) is 24.3 Å². The van der Waals surface area contributed by atoms with Gasteiger partial charge in [0, 0.05) is 21.7 Å². The SMILES string of the molecule is Cc1ccc(C2(O)OC(CO[Si](C)(C)C)[C@@H](O[Si](C)(C)C)[C@H](O[Si](C)(C)C)[C@H]2O[Si](C)(C)C)cc1Cc1ccc(-c2ccc(F)cc2)s1. The molecule has 2 unspecified atom stereocenters. The minimum atomic E-state index is -2.26. The summed E-state index contributed by atoms with van der Waals surface area (Å²) in [5.74, 6) is -2.05. The Kier molecular flexibility index (Phi) is 12.1. The van der Waals surface area contributed by atoms with Crippen molar-refractivity contribution in [2.24, 2.45) is 0 Å². The molecule has 2 heterocycles. The van der Waals surface area contributed by atoms with Gasteiger partial charge in [0.2, 0.25) is 5.79 Å². The van der Waals surface area contributed by atoms with Gasteiger partial charge in [0.15, 0.2) is 33.3 Å². The maximum absolute atomic E-state index is 13.5. The van der Waals surface area contributed by atoms with E-state index in [1.54, 1.807) is 11.3 Å². The highest BCUT2D eigenvalue weighted by atomic mass is 32.1. The zero-order chi connectivity index (χ0) is 35.9. The molecule has 0 spiro atoms. The number of hydrogen-bond donors (Lipinski definition) is 1. The lowest BCUT2D eigenvalue weighted by Crippen LogP contribution is -2.69. The van der Waals surface area contributed by atoms with Gasteiger partial charge >= 0.3 is 0 Å². The molecular formula is C36H57FO6SSi4. The van der Waals surface area contributed by atoms with Crippen LogP contribution < -0.4 is 0 Å². The smallest absolute Gasteiger partial charge is 0.221 e. The zero-order valence-corrected chi connectivity index (χ0v) is 36.0. The Morgan fingerprint density at radius 1 is 0.750 bits per heavy atom. The van der Waals surface area contributed by atoms with Crippen LogP contribution >= 0.6 is 11.3 Å². The van der Waals surface area contributed by atoms with Gasteiger partial charge in [0.25, 0.3) is 0 Å². The van der Waals surface area contributed by atoms with Crippen molar-refractivity contribution in [1.29, 1.82) is 0 Å². The summed E-state index contributed by atoms with van der Waals surface area (Å²) in [4.78, 5) is 2.26. The molecule has 12 heteroatoms. The second-order valence-electron chi connectivity index (χ2n) is 16.9. The molecule has 1 N–H and O–H groups in total.